The van der Waals surface area contributed by atoms with Crippen LogP contribution in [0, 0.1) is 0 Å². The lowest BCUT2D eigenvalue weighted by atomic mass is 10.1. The highest BCUT2D eigenvalue weighted by atomic mass is 15.3. The van der Waals surface area contributed by atoms with Gasteiger partial charge in [-0.1, -0.05) is 36.4 Å². The summed E-state index contributed by atoms with van der Waals surface area (Å²) >= 11 is 0. The number of anilines is 2. The van der Waals surface area contributed by atoms with Crippen LogP contribution in [0.1, 0.15) is 0 Å². The number of fused-ring (bicyclic) bond motifs is 1. The second kappa shape index (κ2) is 4.44. The van der Waals surface area contributed by atoms with Crippen LogP contribution in [-0.2, 0) is 0 Å². The largest absolute Gasteiger partial charge is 0.353 e. The van der Waals surface area contributed by atoms with E-state index >= 15 is 0 Å². The van der Waals surface area contributed by atoms with E-state index in [2.05, 4.69) is 58.3 Å². The highest BCUT2D eigenvalue weighted by Gasteiger charge is 2.25. The van der Waals surface area contributed by atoms with E-state index in [-0.39, 0.29) is 0 Å². The Morgan fingerprint density at radius 1 is 0.682 bits per heavy atom. The lowest BCUT2D eigenvalue weighted by Gasteiger charge is -2.10. The fraction of sp³-hybridized carbons (Fsp3) is 0.222. The summed E-state index contributed by atoms with van der Waals surface area (Å²) in [4.78, 5) is 14.1. The molecule has 0 atom stereocenters. The van der Waals surface area contributed by atoms with Gasteiger partial charge in [0.25, 0.3) is 0 Å². The van der Waals surface area contributed by atoms with Crippen LogP contribution < -0.4 is 9.80 Å². The smallest absolute Gasteiger partial charge is 0.163 e. The van der Waals surface area contributed by atoms with Crippen LogP contribution in [0.25, 0.3) is 22.2 Å². The number of hydrogen-bond donors (Lipinski definition) is 0. The van der Waals surface area contributed by atoms with Crippen molar-refractivity contribution >= 4 is 22.4 Å². The zero-order valence-corrected chi connectivity index (χ0v) is 12.2. The summed E-state index contributed by atoms with van der Waals surface area (Å²) in [5, 5.41) is 2.48. The zero-order valence-electron chi connectivity index (χ0n) is 12.2. The van der Waals surface area contributed by atoms with Gasteiger partial charge in [-0.05, 0) is 16.8 Å². The summed E-state index contributed by atoms with van der Waals surface area (Å²) in [6.45, 7) is 4.42. The number of hydrogen-bond acceptors (Lipinski definition) is 4. The maximum absolute atomic E-state index is 4.77. The van der Waals surface area contributed by atoms with Gasteiger partial charge in [0.15, 0.2) is 5.82 Å². The van der Waals surface area contributed by atoms with Gasteiger partial charge in [0.05, 0.1) is 0 Å². The molecule has 2 fully saturated rings. The van der Waals surface area contributed by atoms with E-state index < -0.39 is 0 Å². The van der Waals surface area contributed by atoms with Crippen LogP contribution in [0.2, 0.25) is 0 Å². The molecule has 108 valence electrons. The van der Waals surface area contributed by atoms with E-state index in [0.717, 1.165) is 49.2 Å². The van der Waals surface area contributed by atoms with Crippen molar-refractivity contribution in [2.45, 2.75) is 0 Å². The molecule has 4 heteroatoms. The molecule has 2 aromatic carbocycles. The molecule has 0 N–H and O–H groups in total. The van der Waals surface area contributed by atoms with Crippen molar-refractivity contribution in [2.24, 2.45) is 0 Å². The average Bonchev–Trinajstić information content (AvgIpc) is 3.46. The van der Waals surface area contributed by atoms with E-state index in [1.807, 2.05) is 0 Å². The molecule has 2 aliphatic rings. The lowest BCUT2D eigenvalue weighted by molar-refractivity contribution is 1.11. The molecule has 1 aromatic heterocycles. The molecule has 3 aromatic rings. The first kappa shape index (κ1) is 12.0. The van der Waals surface area contributed by atoms with Gasteiger partial charge in [0.1, 0.15) is 11.6 Å². The normalized spacial score (nSPS) is 16.2. The minimum absolute atomic E-state index is 0.831. The molecule has 0 aliphatic carbocycles. The SMILES string of the molecule is c1ccc2cc(-c3nc(N4CC4)cc(N4CC4)n3)ccc2c1. The molecule has 2 saturated heterocycles. The highest BCUT2D eigenvalue weighted by Crippen LogP contribution is 2.30. The fourth-order valence-corrected chi connectivity index (χ4v) is 2.76. The van der Waals surface area contributed by atoms with Crippen LogP contribution in [0.4, 0.5) is 11.6 Å². The summed E-state index contributed by atoms with van der Waals surface area (Å²) in [7, 11) is 0. The minimum Gasteiger partial charge on any atom is -0.353 e. The van der Waals surface area contributed by atoms with Crippen molar-refractivity contribution in [3.8, 4) is 11.4 Å². The Kier molecular flexibility index (Phi) is 2.41. The summed E-state index contributed by atoms with van der Waals surface area (Å²) in [5.74, 6) is 2.94. The molecule has 22 heavy (non-hydrogen) atoms. The predicted molar refractivity (Wildman–Crippen MR) is 89.4 cm³/mol. The summed E-state index contributed by atoms with van der Waals surface area (Å²) in [5.41, 5.74) is 1.09. The van der Waals surface area contributed by atoms with Crippen LogP contribution in [0.5, 0.6) is 0 Å². The van der Waals surface area contributed by atoms with Crippen LogP contribution in [0.3, 0.4) is 0 Å². The molecule has 0 radical (unpaired) electrons. The van der Waals surface area contributed by atoms with Crippen LogP contribution in [0.15, 0.2) is 48.5 Å². The Hall–Kier alpha value is -2.62. The van der Waals surface area contributed by atoms with Crippen LogP contribution >= 0.6 is 0 Å². The first-order valence-corrected chi connectivity index (χ1v) is 7.75. The van der Waals surface area contributed by atoms with Crippen molar-refractivity contribution in [1.29, 1.82) is 0 Å². The maximum atomic E-state index is 4.77. The Labute approximate surface area is 129 Å². The van der Waals surface area contributed by atoms with Gasteiger partial charge in [-0.2, -0.15) is 0 Å². The Bertz CT molecular complexity index is 836. The quantitative estimate of drug-likeness (QED) is 0.694. The number of nitrogens with zero attached hydrogens (tertiary/aromatic N) is 4. The predicted octanol–water partition coefficient (Wildman–Crippen LogP) is 2.94. The molecular formula is C18H16N4. The van der Waals surface area contributed by atoms with Gasteiger partial charge < -0.3 is 9.80 Å². The lowest BCUT2D eigenvalue weighted by Crippen LogP contribution is -2.03. The maximum Gasteiger partial charge on any atom is 0.163 e. The van der Waals surface area contributed by atoms with Crippen molar-refractivity contribution in [1.82, 2.24) is 9.97 Å². The number of benzene rings is 2. The molecule has 5 rings (SSSR count). The third kappa shape index (κ3) is 2.08. The molecule has 0 unspecified atom stereocenters. The van der Waals surface area contributed by atoms with Gasteiger partial charge in [0.2, 0.25) is 0 Å². The average molecular weight is 288 g/mol. The van der Waals surface area contributed by atoms with Gasteiger partial charge in [-0.25, -0.2) is 9.97 Å². The first-order chi connectivity index (χ1) is 10.9. The molecule has 0 amide bonds. The van der Waals surface area contributed by atoms with E-state index in [1.165, 1.54) is 10.8 Å². The van der Waals surface area contributed by atoms with Gasteiger partial charge >= 0.3 is 0 Å². The highest BCUT2D eigenvalue weighted by molar-refractivity contribution is 5.86. The zero-order chi connectivity index (χ0) is 14.5. The van der Waals surface area contributed by atoms with E-state index in [9.17, 15) is 0 Å². The molecule has 2 aliphatic heterocycles. The number of aromatic nitrogens is 2. The Morgan fingerprint density at radius 2 is 1.32 bits per heavy atom. The molecule has 0 spiro atoms. The van der Waals surface area contributed by atoms with Gasteiger partial charge in [-0.3, -0.25) is 0 Å². The van der Waals surface area contributed by atoms with Crippen molar-refractivity contribution in [2.75, 3.05) is 36.0 Å². The molecular weight excluding hydrogens is 272 g/mol. The van der Waals surface area contributed by atoms with Gasteiger partial charge in [-0.15, -0.1) is 0 Å². The fourth-order valence-electron chi connectivity index (χ4n) is 2.76. The molecule has 0 bridgehead atoms. The second-order valence-electron chi connectivity index (χ2n) is 5.94. The third-order valence-electron chi connectivity index (χ3n) is 4.25. The molecule has 0 saturated carbocycles. The topological polar surface area (TPSA) is 31.8 Å². The standard InChI is InChI=1S/C18H16N4/c1-2-4-14-11-15(6-5-13(14)3-1)18-19-16(21-7-8-21)12-17(20-18)22-9-10-22/h1-6,11-12H,7-10H2. The van der Waals surface area contributed by atoms with Gasteiger partial charge in [0, 0.05) is 37.8 Å². The second-order valence-corrected chi connectivity index (χ2v) is 5.94. The van der Waals surface area contributed by atoms with E-state index in [4.69, 9.17) is 9.97 Å². The van der Waals surface area contributed by atoms with Crippen molar-refractivity contribution in [3.05, 3.63) is 48.5 Å². The summed E-state index contributed by atoms with van der Waals surface area (Å²) in [6, 6.07) is 17.0. The first-order valence-electron chi connectivity index (χ1n) is 7.75. The van der Waals surface area contributed by atoms with E-state index in [1.54, 1.807) is 0 Å². The summed E-state index contributed by atoms with van der Waals surface area (Å²) in [6.07, 6.45) is 0. The van der Waals surface area contributed by atoms with Crippen molar-refractivity contribution in [3.63, 3.8) is 0 Å². The molecule has 4 nitrogen and oxygen atoms in total. The van der Waals surface area contributed by atoms with Crippen LogP contribution in [-0.4, -0.2) is 36.1 Å². The third-order valence-corrected chi connectivity index (χ3v) is 4.25. The van der Waals surface area contributed by atoms with Crippen molar-refractivity contribution < 1.29 is 0 Å². The number of rotatable bonds is 3. The minimum atomic E-state index is 0.831. The summed E-state index contributed by atoms with van der Waals surface area (Å²) < 4.78 is 0. The monoisotopic (exact) mass is 288 g/mol. The van der Waals surface area contributed by atoms with E-state index in [0.29, 0.717) is 0 Å². The Balaban J connectivity index is 1.65. The Morgan fingerprint density at radius 3 is 1.95 bits per heavy atom. The molecule has 3 heterocycles.